The molecule has 3 nitrogen and oxygen atoms in total. The van der Waals surface area contributed by atoms with Crippen molar-refractivity contribution in [1.29, 1.82) is 0 Å². The second-order valence-corrected chi connectivity index (χ2v) is 3.70. The Bertz CT molecular complexity index is 402. The van der Waals surface area contributed by atoms with Gasteiger partial charge in [-0.05, 0) is 31.6 Å². The Morgan fingerprint density at radius 3 is 3.00 bits per heavy atom. The summed E-state index contributed by atoms with van der Waals surface area (Å²) in [7, 11) is 0. The zero-order chi connectivity index (χ0) is 12.0. The van der Waals surface area contributed by atoms with Crippen molar-refractivity contribution in [1.82, 2.24) is 4.98 Å². The molecule has 0 aliphatic rings. The van der Waals surface area contributed by atoms with Crippen LogP contribution in [0.4, 0.5) is 0 Å². The van der Waals surface area contributed by atoms with E-state index in [1.54, 1.807) is 25.3 Å². The minimum absolute atomic E-state index is 0.231. The van der Waals surface area contributed by atoms with Crippen molar-refractivity contribution < 1.29 is 9.53 Å². The van der Waals surface area contributed by atoms with E-state index < -0.39 is 0 Å². The number of rotatable bonds is 4. The molecule has 1 heterocycles. The van der Waals surface area contributed by atoms with Gasteiger partial charge in [-0.3, -0.25) is 9.78 Å². The molecule has 1 aromatic rings. The highest BCUT2D eigenvalue weighted by atomic mass is 35.5. The van der Waals surface area contributed by atoms with E-state index >= 15 is 0 Å². The highest BCUT2D eigenvalue weighted by molar-refractivity contribution is 6.30. The first-order valence-corrected chi connectivity index (χ1v) is 5.45. The highest BCUT2D eigenvalue weighted by Gasteiger charge is 1.99. The van der Waals surface area contributed by atoms with E-state index in [9.17, 15) is 4.79 Å². The molecule has 0 saturated carbocycles. The molecular formula is C12H14ClNO2. The van der Waals surface area contributed by atoms with Gasteiger partial charge in [0.05, 0.1) is 23.7 Å². The minimum Gasteiger partial charge on any atom is -0.466 e. The Morgan fingerprint density at radius 2 is 2.38 bits per heavy atom. The second-order valence-electron chi connectivity index (χ2n) is 3.27. The number of hydrogen-bond acceptors (Lipinski definition) is 3. The van der Waals surface area contributed by atoms with Crippen LogP contribution in [0.3, 0.4) is 0 Å². The van der Waals surface area contributed by atoms with Gasteiger partial charge < -0.3 is 4.74 Å². The maximum Gasteiger partial charge on any atom is 0.309 e. The third kappa shape index (κ3) is 4.03. The largest absolute Gasteiger partial charge is 0.466 e. The van der Waals surface area contributed by atoms with Crippen LogP contribution in [0, 0.1) is 6.92 Å². The molecule has 0 bridgehead atoms. The summed E-state index contributed by atoms with van der Waals surface area (Å²) in [4.78, 5) is 15.2. The van der Waals surface area contributed by atoms with Crippen LogP contribution in [0.1, 0.15) is 24.6 Å². The maximum absolute atomic E-state index is 11.1. The number of carbonyl (C=O) groups is 1. The van der Waals surface area contributed by atoms with Crippen molar-refractivity contribution in [3.63, 3.8) is 0 Å². The first-order chi connectivity index (χ1) is 7.63. The second kappa shape index (κ2) is 6.28. The van der Waals surface area contributed by atoms with Crippen LogP contribution >= 0.6 is 11.6 Å². The fourth-order valence-electron chi connectivity index (χ4n) is 1.21. The molecule has 1 rings (SSSR count). The zero-order valence-electron chi connectivity index (χ0n) is 9.37. The summed E-state index contributed by atoms with van der Waals surface area (Å²) in [5, 5.41) is 0.611. The average molecular weight is 240 g/mol. The Hall–Kier alpha value is -1.35. The van der Waals surface area contributed by atoms with E-state index in [2.05, 4.69) is 4.98 Å². The number of halogens is 1. The van der Waals surface area contributed by atoms with Crippen molar-refractivity contribution in [3.05, 3.63) is 34.6 Å². The molecule has 0 radical (unpaired) electrons. The molecular weight excluding hydrogens is 226 g/mol. The molecule has 0 fully saturated rings. The lowest BCUT2D eigenvalue weighted by molar-refractivity contribution is -0.142. The van der Waals surface area contributed by atoms with Gasteiger partial charge in [-0.2, -0.15) is 0 Å². The summed E-state index contributed by atoms with van der Waals surface area (Å²) in [6.07, 6.45) is 5.37. The van der Waals surface area contributed by atoms with Crippen LogP contribution in [-0.2, 0) is 9.53 Å². The first kappa shape index (κ1) is 12.7. The maximum atomic E-state index is 11.1. The molecule has 0 saturated heterocycles. The quantitative estimate of drug-likeness (QED) is 0.759. The summed E-state index contributed by atoms with van der Waals surface area (Å²) in [5.41, 5.74) is 1.79. The number of aromatic nitrogens is 1. The van der Waals surface area contributed by atoms with Gasteiger partial charge in [0, 0.05) is 6.20 Å². The molecule has 0 N–H and O–H groups in total. The van der Waals surface area contributed by atoms with E-state index in [4.69, 9.17) is 16.3 Å². The van der Waals surface area contributed by atoms with Gasteiger partial charge >= 0.3 is 5.97 Å². The van der Waals surface area contributed by atoms with Gasteiger partial charge in [-0.1, -0.05) is 17.7 Å². The Morgan fingerprint density at radius 1 is 1.62 bits per heavy atom. The predicted molar refractivity (Wildman–Crippen MR) is 64.3 cm³/mol. The summed E-state index contributed by atoms with van der Waals surface area (Å²) in [6, 6.07) is 1.83. The number of pyridine rings is 1. The molecule has 0 atom stereocenters. The average Bonchev–Trinajstić information content (AvgIpc) is 2.22. The van der Waals surface area contributed by atoms with Gasteiger partial charge in [0.1, 0.15) is 0 Å². The molecule has 0 amide bonds. The summed E-state index contributed by atoms with van der Waals surface area (Å²) >= 11 is 5.78. The lowest BCUT2D eigenvalue weighted by atomic mass is 10.2. The molecule has 4 heteroatoms. The number of carbonyl (C=O) groups excluding carboxylic acids is 1. The van der Waals surface area contributed by atoms with Crippen LogP contribution in [-0.4, -0.2) is 17.6 Å². The van der Waals surface area contributed by atoms with E-state index in [0.717, 1.165) is 11.3 Å². The van der Waals surface area contributed by atoms with Crippen LogP contribution in [0.5, 0.6) is 0 Å². The third-order valence-electron chi connectivity index (χ3n) is 1.95. The number of nitrogens with zero attached hydrogens (tertiary/aromatic N) is 1. The van der Waals surface area contributed by atoms with Crippen molar-refractivity contribution in [2.75, 3.05) is 6.61 Å². The van der Waals surface area contributed by atoms with Gasteiger partial charge in [-0.25, -0.2) is 0 Å². The topological polar surface area (TPSA) is 39.2 Å². The number of ether oxygens (including phenoxy) is 1. The van der Waals surface area contributed by atoms with Crippen molar-refractivity contribution in [2.45, 2.75) is 20.3 Å². The number of esters is 1. The Balaban J connectivity index is 2.59. The fraction of sp³-hybridized carbons (Fsp3) is 0.333. The summed E-state index contributed by atoms with van der Waals surface area (Å²) in [5.74, 6) is -0.231. The van der Waals surface area contributed by atoms with E-state index in [1.165, 1.54) is 0 Å². The fourth-order valence-corrected chi connectivity index (χ4v) is 1.42. The van der Waals surface area contributed by atoms with Crippen LogP contribution in [0.15, 0.2) is 18.3 Å². The third-order valence-corrected chi connectivity index (χ3v) is 2.16. The summed E-state index contributed by atoms with van der Waals surface area (Å²) < 4.78 is 4.80. The molecule has 86 valence electrons. The van der Waals surface area contributed by atoms with Crippen LogP contribution < -0.4 is 0 Å². The highest BCUT2D eigenvalue weighted by Crippen LogP contribution is 2.13. The predicted octanol–water partition coefficient (Wildman–Crippen LogP) is 3.01. The van der Waals surface area contributed by atoms with Crippen LogP contribution in [0.2, 0.25) is 5.02 Å². The van der Waals surface area contributed by atoms with Gasteiger partial charge in [0.2, 0.25) is 0 Å². The standard InChI is InChI=1S/C12H14ClNO2/c1-3-16-12(15)6-4-5-11-9(2)7-10(13)8-14-11/h4-5,7-8H,3,6H2,1-2H3. The molecule has 0 aliphatic heterocycles. The number of aryl methyl sites for hydroxylation is 1. The van der Waals surface area contributed by atoms with Crippen molar-refractivity contribution >= 4 is 23.6 Å². The van der Waals surface area contributed by atoms with Gasteiger partial charge in [-0.15, -0.1) is 0 Å². The van der Waals surface area contributed by atoms with Crippen LogP contribution in [0.25, 0.3) is 6.08 Å². The molecule has 0 aliphatic carbocycles. The molecule has 0 aromatic carbocycles. The Labute approximate surface area is 100 Å². The smallest absolute Gasteiger partial charge is 0.309 e. The van der Waals surface area contributed by atoms with Gasteiger partial charge in [0.15, 0.2) is 0 Å². The zero-order valence-corrected chi connectivity index (χ0v) is 10.1. The van der Waals surface area contributed by atoms with E-state index in [1.807, 2.05) is 13.0 Å². The number of hydrogen-bond donors (Lipinski definition) is 0. The monoisotopic (exact) mass is 239 g/mol. The Kier molecular flexibility index (Phi) is 4.99. The normalized spacial score (nSPS) is 10.7. The first-order valence-electron chi connectivity index (χ1n) is 5.07. The molecule has 0 spiro atoms. The molecule has 0 unspecified atom stereocenters. The van der Waals surface area contributed by atoms with Gasteiger partial charge in [0.25, 0.3) is 0 Å². The molecule has 16 heavy (non-hydrogen) atoms. The SMILES string of the molecule is CCOC(=O)CC=Cc1ncc(Cl)cc1C. The lowest BCUT2D eigenvalue weighted by Gasteiger charge is -2.00. The minimum atomic E-state index is -0.231. The molecule has 1 aromatic heterocycles. The van der Waals surface area contributed by atoms with Crippen molar-refractivity contribution in [2.24, 2.45) is 0 Å². The van der Waals surface area contributed by atoms with E-state index in [-0.39, 0.29) is 12.4 Å². The van der Waals surface area contributed by atoms with Crippen molar-refractivity contribution in [3.8, 4) is 0 Å². The summed E-state index contributed by atoms with van der Waals surface area (Å²) in [6.45, 7) is 4.11. The van der Waals surface area contributed by atoms with E-state index in [0.29, 0.717) is 11.6 Å². The lowest BCUT2D eigenvalue weighted by Crippen LogP contribution is -2.01.